The number of carbonyl (C=O) groups excluding carboxylic acids is 2. The van der Waals surface area contributed by atoms with Crippen LogP contribution < -0.4 is 10.6 Å². The van der Waals surface area contributed by atoms with Crippen molar-refractivity contribution in [1.82, 2.24) is 20.2 Å². The van der Waals surface area contributed by atoms with Crippen molar-refractivity contribution in [2.24, 2.45) is 0 Å². The quantitative estimate of drug-likeness (QED) is 0.585. The highest BCUT2D eigenvalue weighted by atomic mass is 32.1. The molecule has 1 spiro atoms. The van der Waals surface area contributed by atoms with Crippen LogP contribution in [0.4, 0.5) is 5.82 Å². The van der Waals surface area contributed by atoms with Crippen LogP contribution >= 0.6 is 11.3 Å². The van der Waals surface area contributed by atoms with Crippen molar-refractivity contribution >= 4 is 35.0 Å². The zero-order chi connectivity index (χ0) is 20.6. The molecule has 1 saturated carbocycles. The Kier molecular flexibility index (Phi) is 4.96. The van der Waals surface area contributed by atoms with E-state index in [1.165, 1.54) is 5.57 Å². The summed E-state index contributed by atoms with van der Waals surface area (Å²) < 4.78 is 0. The van der Waals surface area contributed by atoms with Gasteiger partial charge in [-0.25, -0.2) is 9.97 Å². The maximum absolute atomic E-state index is 12.6. The molecular weight excluding hydrogens is 398 g/mol. The number of nitrogens with one attached hydrogen (secondary N) is 2. The molecule has 1 aliphatic carbocycles. The van der Waals surface area contributed by atoms with Crippen molar-refractivity contribution in [3.8, 4) is 0 Å². The van der Waals surface area contributed by atoms with E-state index in [1.54, 1.807) is 29.7 Å². The number of hydrogen-bond acceptors (Lipinski definition) is 6. The predicted molar refractivity (Wildman–Crippen MR) is 116 cm³/mol. The molecule has 7 nitrogen and oxygen atoms in total. The second kappa shape index (κ2) is 7.77. The second-order valence-electron chi connectivity index (χ2n) is 8.00. The molecule has 2 N–H and O–H groups in total. The molecule has 1 fully saturated rings. The van der Waals surface area contributed by atoms with Crippen LogP contribution in [0.2, 0.25) is 0 Å². The topological polar surface area (TPSA) is 87.2 Å². The molecule has 4 heterocycles. The van der Waals surface area contributed by atoms with Crippen LogP contribution in [-0.4, -0.2) is 45.3 Å². The zero-order valence-electron chi connectivity index (χ0n) is 16.6. The van der Waals surface area contributed by atoms with E-state index in [9.17, 15) is 9.59 Å². The molecule has 2 aromatic heterocycles. The lowest BCUT2D eigenvalue weighted by Crippen LogP contribution is -2.40. The summed E-state index contributed by atoms with van der Waals surface area (Å²) in [6.07, 6.45) is 12.6. The summed E-state index contributed by atoms with van der Waals surface area (Å²) in [6.45, 7) is 1.95. The van der Waals surface area contributed by atoms with Gasteiger partial charge in [0.05, 0.1) is 10.5 Å². The molecule has 0 radical (unpaired) electrons. The molecule has 30 heavy (non-hydrogen) atoms. The fraction of sp³-hybridized carbons (Fsp3) is 0.364. The first-order valence-corrected chi connectivity index (χ1v) is 11.1. The van der Waals surface area contributed by atoms with Crippen LogP contribution in [0.5, 0.6) is 0 Å². The summed E-state index contributed by atoms with van der Waals surface area (Å²) in [5.41, 5.74) is 2.72. The molecule has 0 saturated heterocycles. The number of pyridine rings is 1. The van der Waals surface area contributed by atoms with E-state index in [0.717, 1.165) is 48.4 Å². The number of anilines is 1. The fourth-order valence-electron chi connectivity index (χ4n) is 3.85. The standard InChI is InChI=1S/C22H23N5O2S/c28-19(27-8-3-15(4-9-27)12-18-23-7-10-30-18)2-1-16-11-17-14-25-22(5-6-22)21(29)26-20(17)24-13-16/h1-3,7,10-11,13,25H,4-6,8-9,12,14H2,(H,24,26,29)/b2-1+. The minimum atomic E-state index is -0.410. The summed E-state index contributed by atoms with van der Waals surface area (Å²) in [5.74, 6) is 0.603. The number of aromatic nitrogens is 2. The lowest BCUT2D eigenvalue weighted by molar-refractivity contribution is -0.125. The molecule has 0 atom stereocenters. The Morgan fingerprint density at radius 1 is 1.33 bits per heavy atom. The van der Waals surface area contributed by atoms with E-state index in [0.29, 0.717) is 18.9 Å². The number of hydrogen-bond donors (Lipinski definition) is 2. The molecule has 3 aliphatic rings. The van der Waals surface area contributed by atoms with Crippen molar-refractivity contribution in [3.63, 3.8) is 0 Å². The molecule has 2 aliphatic heterocycles. The summed E-state index contributed by atoms with van der Waals surface area (Å²) in [5, 5.41) is 9.37. The van der Waals surface area contributed by atoms with E-state index in [1.807, 2.05) is 22.5 Å². The van der Waals surface area contributed by atoms with E-state index >= 15 is 0 Å². The highest BCUT2D eigenvalue weighted by Crippen LogP contribution is 2.38. The van der Waals surface area contributed by atoms with Gasteiger partial charge in [-0.1, -0.05) is 11.6 Å². The minimum absolute atomic E-state index is 0.000368. The molecule has 2 aromatic rings. The fourth-order valence-corrected chi connectivity index (χ4v) is 4.52. The van der Waals surface area contributed by atoms with Crippen molar-refractivity contribution in [1.29, 1.82) is 0 Å². The number of nitrogens with zero attached hydrogens (tertiary/aromatic N) is 3. The Labute approximate surface area is 178 Å². The van der Waals surface area contributed by atoms with Crippen molar-refractivity contribution in [2.75, 3.05) is 18.4 Å². The van der Waals surface area contributed by atoms with Crippen molar-refractivity contribution in [3.05, 3.63) is 57.7 Å². The first-order valence-electron chi connectivity index (χ1n) is 10.2. The first kappa shape index (κ1) is 19.1. The van der Waals surface area contributed by atoms with Gasteiger partial charge in [0.15, 0.2) is 0 Å². The summed E-state index contributed by atoms with van der Waals surface area (Å²) in [7, 11) is 0. The number of amides is 2. The van der Waals surface area contributed by atoms with Gasteiger partial charge in [-0.05, 0) is 37.0 Å². The average molecular weight is 422 g/mol. The van der Waals surface area contributed by atoms with Crippen LogP contribution in [-0.2, 0) is 22.6 Å². The Bertz CT molecular complexity index is 1040. The Morgan fingerprint density at radius 2 is 2.23 bits per heavy atom. The monoisotopic (exact) mass is 421 g/mol. The van der Waals surface area contributed by atoms with E-state index in [4.69, 9.17) is 0 Å². The highest BCUT2D eigenvalue weighted by Gasteiger charge is 2.50. The number of rotatable bonds is 4. The normalized spacial score (nSPS) is 19.9. The number of carbonyl (C=O) groups is 2. The predicted octanol–water partition coefficient (Wildman–Crippen LogP) is 2.53. The maximum Gasteiger partial charge on any atom is 0.246 e. The van der Waals surface area contributed by atoms with Gasteiger partial charge in [-0.3, -0.25) is 14.9 Å². The minimum Gasteiger partial charge on any atom is -0.335 e. The van der Waals surface area contributed by atoms with Crippen LogP contribution in [0.3, 0.4) is 0 Å². The van der Waals surface area contributed by atoms with Gasteiger partial charge in [0.2, 0.25) is 11.8 Å². The third kappa shape index (κ3) is 3.93. The van der Waals surface area contributed by atoms with E-state index < -0.39 is 5.54 Å². The largest absolute Gasteiger partial charge is 0.335 e. The van der Waals surface area contributed by atoms with Gasteiger partial charge < -0.3 is 10.2 Å². The summed E-state index contributed by atoms with van der Waals surface area (Å²) in [4.78, 5) is 35.4. The van der Waals surface area contributed by atoms with Gasteiger partial charge in [0.25, 0.3) is 0 Å². The number of fused-ring (bicyclic) bond motifs is 1. The molecule has 154 valence electrons. The van der Waals surface area contributed by atoms with Crippen LogP contribution in [0.1, 0.15) is 35.4 Å². The molecule has 0 aromatic carbocycles. The van der Waals surface area contributed by atoms with Gasteiger partial charge in [-0.15, -0.1) is 11.3 Å². The average Bonchev–Trinajstić information content (AvgIpc) is 3.42. The first-order chi connectivity index (χ1) is 14.6. The third-order valence-corrected chi connectivity index (χ3v) is 6.70. The van der Waals surface area contributed by atoms with Gasteiger partial charge >= 0.3 is 0 Å². The SMILES string of the molecule is O=C(/C=C/c1cnc2c(c1)CNC1(CC1)C(=O)N2)N1CC=C(Cc2nccs2)CC1. The lowest BCUT2D eigenvalue weighted by atomic mass is 10.1. The number of thiazole rings is 1. The van der Waals surface area contributed by atoms with Gasteiger partial charge in [-0.2, -0.15) is 0 Å². The van der Waals surface area contributed by atoms with E-state index in [-0.39, 0.29) is 11.8 Å². The molecule has 2 amide bonds. The summed E-state index contributed by atoms with van der Waals surface area (Å²) >= 11 is 1.67. The second-order valence-corrected chi connectivity index (χ2v) is 8.98. The Hall–Kier alpha value is -2.84. The lowest BCUT2D eigenvalue weighted by Gasteiger charge is -2.25. The maximum atomic E-state index is 12.6. The molecular formula is C22H23N5O2S. The van der Waals surface area contributed by atoms with Crippen LogP contribution in [0.25, 0.3) is 6.08 Å². The van der Waals surface area contributed by atoms with Crippen molar-refractivity contribution < 1.29 is 9.59 Å². The molecule has 0 unspecified atom stereocenters. The van der Waals surface area contributed by atoms with Crippen molar-refractivity contribution in [2.45, 2.75) is 37.8 Å². The van der Waals surface area contributed by atoms with Gasteiger partial charge in [0, 0.05) is 55.5 Å². The highest BCUT2D eigenvalue weighted by molar-refractivity contribution is 7.09. The Morgan fingerprint density at radius 3 is 2.97 bits per heavy atom. The molecule has 5 rings (SSSR count). The van der Waals surface area contributed by atoms with Crippen LogP contribution in [0, 0.1) is 0 Å². The zero-order valence-corrected chi connectivity index (χ0v) is 17.4. The van der Waals surface area contributed by atoms with Gasteiger partial charge in [0.1, 0.15) is 5.82 Å². The third-order valence-electron chi connectivity index (χ3n) is 5.92. The molecule has 0 bridgehead atoms. The summed E-state index contributed by atoms with van der Waals surface area (Å²) in [6, 6.07) is 1.98. The smallest absolute Gasteiger partial charge is 0.246 e. The van der Waals surface area contributed by atoms with Crippen LogP contribution in [0.15, 0.2) is 41.6 Å². The Balaban J connectivity index is 1.21. The molecule has 8 heteroatoms. The van der Waals surface area contributed by atoms with E-state index in [2.05, 4.69) is 26.7 Å².